The molecule has 0 radical (unpaired) electrons. The lowest BCUT2D eigenvalue weighted by Gasteiger charge is -2.17. The summed E-state index contributed by atoms with van der Waals surface area (Å²) in [5, 5.41) is 9.21. The summed E-state index contributed by atoms with van der Waals surface area (Å²) in [7, 11) is 1.65. The number of rotatable bonds is 7. The average Bonchev–Trinajstić information content (AvgIpc) is 2.93. The summed E-state index contributed by atoms with van der Waals surface area (Å²) in [5.41, 5.74) is 2.18. The second-order valence-corrected chi connectivity index (χ2v) is 5.80. The topological polar surface area (TPSA) is 41.9 Å². The molecule has 1 saturated heterocycles. The van der Waals surface area contributed by atoms with Gasteiger partial charge in [-0.1, -0.05) is 12.6 Å². The van der Waals surface area contributed by atoms with Crippen LogP contribution in [0.3, 0.4) is 0 Å². The van der Waals surface area contributed by atoms with Crippen molar-refractivity contribution in [3.8, 4) is 11.5 Å². The number of hydrogen-bond donors (Lipinski definition) is 1. The van der Waals surface area contributed by atoms with Crippen molar-refractivity contribution >= 4 is 0 Å². The Morgan fingerprint density at radius 2 is 2.24 bits per heavy atom. The first-order chi connectivity index (χ1) is 10.1. The van der Waals surface area contributed by atoms with E-state index in [1.165, 1.54) is 5.56 Å². The number of likely N-dealkylation sites (tertiary alicyclic amines) is 1. The largest absolute Gasteiger partial charge is 0.493 e. The van der Waals surface area contributed by atoms with Gasteiger partial charge in [0, 0.05) is 19.7 Å². The van der Waals surface area contributed by atoms with Crippen molar-refractivity contribution in [1.29, 1.82) is 0 Å². The van der Waals surface area contributed by atoms with Crippen molar-refractivity contribution in [2.45, 2.75) is 19.9 Å². The Hall–Kier alpha value is -1.52. The maximum atomic E-state index is 9.21. The summed E-state index contributed by atoms with van der Waals surface area (Å²) in [6, 6.07) is 6.05. The molecule has 1 unspecified atom stereocenters. The summed E-state index contributed by atoms with van der Waals surface area (Å²) in [5.74, 6) is 1.92. The van der Waals surface area contributed by atoms with E-state index < -0.39 is 0 Å². The molecule has 0 aliphatic carbocycles. The Balaban J connectivity index is 2.03. The Labute approximate surface area is 127 Å². The number of hydrogen-bond acceptors (Lipinski definition) is 4. The average molecular weight is 291 g/mol. The van der Waals surface area contributed by atoms with Crippen LogP contribution >= 0.6 is 0 Å². The van der Waals surface area contributed by atoms with E-state index in [-0.39, 0.29) is 6.61 Å². The Morgan fingerprint density at radius 3 is 2.86 bits per heavy atom. The Morgan fingerprint density at radius 1 is 1.43 bits per heavy atom. The van der Waals surface area contributed by atoms with Gasteiger partial charge in [0.1, 0.15) is 6.61 Å². The van der Waals surface area contributed by atoms with E-state index in [0.717, 1.165) is 43.1 Å². The van der Waals surface area contributed by atoms with Gasteiger partial charge in [0.25, 0.3) is 0 Å². The van der Waals surface area contributed by atoms with E-state index in [4.69, 9.17) is 9.47 Å². The van der Waals surface area contributed by atoms with Crippen LogP contribution in [0.2, 0.25) is 0 Å². The molecule has 4 nitrogen and oxygen atoms in total. The first kappa shape index (κ1) is 15.9. The minimum atomic E-state index is 0.284. The summed E-state index contributed by atoms with van der Waals surface area (Å²) in [6.07, 6.45) is 1.08. The monoisotopic (exact) mass is 291 g/mol. The van der Waals surface area contributed by atoms with Crippen molar-refractivity contribution in [3.63, 3.8) is 0 Å². The molecule has 4 heteroatoms. The Kier molecular flexibility index (Phi) is 5.65. The third-order valence-corrected chi connectivity index (χ3v) is 3.74. The van der Waals surface area contributed by atoms with Gasteiger partial charge in [0.2, 0.25) is 0 Å². The summed E-state index contributed by atoms with van der Waals surface area (Å²) >= 11 is 0. The maximum absolute atomic E-state index is 9.21. The van der Waals surface area contributed by atoms with Gasteiger partial charge in [0.15, 0.2) is 11.5 Å². The molecule has 1 aliphatic heterocycles. The SMILES string of the molecule is C=C(C)COc1cc(CN2CCC(CO)C2)ccc1OC. The second-order valence-electron chi connectivity index (χ2n) is 5.80. The van der Waals surface area contributed by atoms with Crippen LogP contribution in [0, 0.1) is 5.92 Å². The molecule has 2 rings (SSSR count). The highest BCUT2D eigenvalue weighted by molar-refractivity contribution is 5.43. The van der Waals surface area contributed by atoms with E-state index >= 15 is 0 Å². The van der Waals surface area contributed by atoms with Crippen LogP contribution in [0.4, 0.5) is 0 Å². The molecule has 21 heavy (non-hydrogen) atoms. The molecule has 1 fully saturated rings. The highest BCUT2D eigenvalue weighted by Gasteiger charge is 2.21. The molecule has 0 saturated carbocycles. The molecular weight excluding hydrogens is 266 g/mol. The summed E-state index contributed by atoms with van der Waals surface area (Å²) in [4.78, 5) is 2.37. The van der Waals surface area contributed by atoms with Gasteiger partial charge < -0.3 is 14.6 Å². The third-order valence-electron chi connectivity index (χ3n) is 3.74. The molecule has 0 bridgehead atoms. The van der Waals surface area contributed by atoms with Crippen LogP contribution in [-0.2, 0) is 6.54 Å². The van der Waals surface area contributed by atoms with Crippen LogP contribution in [0.15, 0.2) is 30.4 Å². The number of methoxy groups -OCH3 is 1. The van der Waals surface area contributed by atoms with Crippen molar-refractivity contribution in [2.24, 2.45) is 5.92 Å². The quantitative estimate of drug-likeness (QED) is 0.784. The molecule has 1 aliphatic rings. The molecule has 1 N–H and O–H groups in total. The number of benzene rings is 1. The lowest BCUT2D eigenvalue weighted by molar-refractivity contribution is 0.220. The number of nitrogens with zero attached hydrogens (tertiary/aromatic N) is 1. The fraction of sp³-hybridized carbons (Fsp3) is 0.529. The van der Waals surface area contributed by atoms with Crippen LogP contribution in [0.1, 0.15) is 18.9 Å². The van der Waals surface area contributed by atoms with Gasteiger partial charge in [-0.3, -0.25) is 4.90 Å². The fourth-order valence-corrected chi connectivity index (χ4v) is 2.60. The number of aliphatic hydroxyl groups is 1. The van der Waals surface area contributed by atoms with E-state index in [1.54, 1.807) is 7.11 Å². The molecule has 1 heterocycles. The number of ether oxygens (including phenoxy) is 2. The molecule has 0 amide bonds. The Bertz CT molecular complexity index is 487. The second kappa shape index (κ2) is 7.48. The first-order valence-electron chi connectivity index (χ1n) is 7.39. The molecule has 116 valence electrons. The van der Waals surface area contributed by atoms with E-state index in [1.807, 2.05) is 19.1 Å². The normalized spacial score (nSPS) is 18.7. The zero-order valence-corrected chi connectivity index (χ0v) is 13.0. The van der Waals surface area contributed by atoms with Crippen molar-refractivity contribution in [2.75, 3.05) is 33.4 Å². The lowest BCUT2D eigenvalue weighted by Crippen LogP contribution is -2.21. The van der Waals surface area contributed by atoms with Crippen LogP contribution in [0.5, 0.6) is 11.5 Å². The van der Waals surface area contributed by atoms with Crippen molar-refractivity contribution in [3.05, 3.63) is 35.9 Å². The lowest BCUT2D eigenvalue weighted by atomic mass is 10.1. The van der Waals surface area contributed by atoms with Crippen LogP contribution in [-0.4, -0.2) is 43.4 Å². The third kappa shape index (κ3) is 4.48. The van der Waals surface area contributed by atoms with Crippen molar-refractivity contribution < 1.29 is 14.6 Å². The molecule has 1 atom stereocenters. The molecule has 1 aromatic rings. The molecule has 1 aromatic carbocycles. The minimum absolute atomic E-state index is 0.284. The predicted molar refractivity (Wildman–Crippen MR) is 83.8 cm³/mol. The smallest absolute Gasteiger partial charge is 0.161 e. The van der Waals surface area contributed by atoms with Gasteiger partial charge in [-0.05, 0) is 49.1 Å². The van der Waals surface area contributed by atoms with Gasteiger partial charge >= 0.3 is 0 Å². The highest BCUT2D eigenvalue weighted by Crippen LogP contribution is 2.29. The number of aliphatic hydroxyl groups excluding tert-OH is 1. The van der Waals surface area contributed by atoms with Crippen molar-refractivity contribution in [1.82, 2.24) is 4.90 Å². The standard InChI is InChI=1S/C17H25NO3/c1-13(2)12-21-17-8-14(4-5-16(17)20-3)9-18-7-6-15(10-18)11-19/h4-5,8,15,19H,1,6-7,9-12H2,2-3H3. The van der Waals surface area contributed by atoms with Gasteiger partial charge in [-0.2, -0.15) is 0 Å². The summed E-state index contributed by atoms with van der Waals surface area (Å²) in [6.45, 7) is 9.45. The first-order valence-corrected chi connectivity index (χ1v) is 7.39. The van der Waals surface area contributed by atoms with Gasteiger partial charge in [0.05, 0.1) is 7.11 Å². The van der Waals surface area contributed by atoms with E-state index in [2.05, 4.69) is 17.5 Å². The molecule has 0 spiro atoms. The highest BCUT2D eigenvalue weighted by atomic mass is 16.5. The minimum Gasteiger partial charge on any atom is -0.493 e. The zero-order chi connectivity index (χ0) is 15.2. The van der Waals surface area contributed by atoms with Crippen LogP contribution in [0.25, 0.3) is 0 Å². The zero-order valence-electron chi connectivity index (χ0n) is 13.0. The van der Waals surface area contributed by atoms with Gasteiger partial charge in [-0.25, -0.2) is 0 Å². The maximum Gasteiger partial charge on any atom is 0.161 e. The van der Waals surface area contributed by atoms with Crippen LogP contribution < -0.4 is 9.47 Å². The fourth-order valence-electron chi connectivity index (χ4n) is 2.60. The van der Waals surface area contributed by atoms with E-state index in [0.29, 0.717) is 12.5 Å². The van der Waals surface area contributed by atoms with Gasteiger partial charge in [-0.15, -0.1) is 0 Å². The molecule has 0 aromatic heterocycles. The molecular formula is C17H25NO3. The predicted octanol–water partition coefficient (Wildman–Crippen LogP) is 2.46. The summed E-state index contributed by atoms with van der Waals surface area (Å²) < 4.78 is 11.1. The van der Waals surface area contributed by atoms with E-state index in [9.17, 15) is 5.11 Å².